The molecule has 0 amide bonds. The average molecular weight is 288 g/mol. The molecule has 21 heavy (non-hydrogen) atoms. The fourth-order valence-corrected chi connectivity index (χ4v) is 1.59. The van der Waals surface area contributed by atoms with Gasteiger partial charge in [0.15, 0.2) is 11.8 Å². The highest BCUT2D eigenvalue weighted by atomic mass is 16.5. The summed E-state index contributed by atoms with van der Waals surface area (Å²) in [5, 5.41) is 6.94. The summed E-state index contributed by atoms with van der Waals surface area (Å²) >= 11 is 0. The van der Waals surface area contributed by atoms with Crippen LogP contribution < -0.4 is 11.1 Å². The number of nitrogens with one attached hydrogen (secondary N) is 1. The van der Waals surface area contributed by atoms with Crippen molar-refractivity contribution in [3.63, 3.8) is 0 Å². The van der Waals surface area contributed by atoms with Crippen LogP contribution in [0.1, 0.15) is 19.7 Å². The molecular weight excluding hydrogens is 268 g/mol. The molecule has 7 heteroatoms. The first kappa shape index (κ1) is 15.0. The number of pyridine rings is 1. The summed E-state index contributed by atoms with van der Waals surface area (Å²) in [4.78, 5) is 12.7. The van der Waals surface area contributed by atoms with Gasteiger partial charge in [0, 0.05) is 25.7 Å². The standard InChI is InChI=1S/C14H20N6O/c1-10(2)9-18-14(15)17-8-6-12-19-13(21-20-12)11-5-3-4-7-16-11/h3-5,7,10H,6,8-9H2,1-2H3,(H3,15,17,18). The van der Waals surface area contributed by atoms with Crippen molar-refractivity contribution in [3.8, 4) is 11.6 Å². The van der Waals surface area contributed by atoms with Gasteiger partial charge in [-0.3, -0.25) is 9.98 Å². The summed E-state index contributed by atoms with van der Waals surface area (Å²) in [5.41, 5.74) is 6.42. The van der Waals surface area contributed by atoms with Gasteiger partial charge in [-0.05, 0) is 18.1 Å². The van der Waals surface area contributed by atoms with Crippen LogP contribution in [0.25, 0.3) is 11.6 Å². The van der Waals surface area contributed by atoms with Crippen LogP contribution in [0, 0.1) is 5.92 Å². The van der Waals surface area contributed by atoms with E-state index < -0.39 is 0 Å². The van der Waals surface area contributed by atoms with Gasteiger partial charge in [-0.25, -0.2) is 0 Å². The van der Waals surface area contributed by atoms with Crippen LogP contribution in [-0.2, 0) is 6.42 Å². The third kappa shape index (κ3) is 4.87. The molecule has 7 nitrogen and oxygen atoms in total. The van der Waals surface area contributed by atoms with E-state index in [1.165, 1.54) is 0 Å². The Morgan fingerprint density at radius 1 is 1.43 bits per heavy atom. The van der Waals surface area contributed by atoms with Crippen LogP contribution in [0.3, 0.4) is 0 Å². The van der Waals surface area contributed by atoms with E-state index in [1.807, 2.05) is 18.2 Å². The molecule has 0 saturated carbocycles. The molecule has 0 bridgehead atoms. The lowest BCUT2D eigenvalue weighted by molar-refractivity contribution is 0.421. The number of hydrogen-bond acceptors (Lipinski definition) is 5. The Morgan fingerprint density at radius 3 is 3.00 bits per heavy atom. The zero-order valence-electron chi connectivity index (χ0n) is 12.3. The summed E-state index contributed by atoms with van der Waals surface area (Å²) in [6.45, 7) is 5.50. The Bertz CT molecular complexity index is 578. The fourth-order valence-electron chi connectivity index (χ4n) is 1.59. The third-order valence-electron chi connectivity index (χ3n) is 2.63. The predicted octanol–water partition coefficient (Wildman–Crippen LogP) is 1.23. The number of nitrogens with two attached hydrogens (primary N) is 1. The van der Waals surface area contributed by atoms with Gasteiger partial charge in [0.25, 0.3) is 5.89 Å². The number of guanidine groups is 1. The minimum absolute atomic E-state index is 0.423. The maximum absolute atomic E-state index is 5.75. The SMILES string of the molecule is CC(C)CN=C(N)NCCc1noc(-c2ccccn2)n1. The maximum Gasteiger partial charge on any atom is 0.276 e. The Labute approximate surface area is 123 Å². The highest BCUT2D eigenvalue weighted by molar-refractivity contribution is 5.77. The van der Waals surface area contributed by atoms with Gasteiger partial charge in [-0.1, -0.05) is 25.1 Å². The van der Waals surface area contributed by atoms with Crippen LogP contribution in [-0.4, -0.2) is 34.2 Å². The molecular formula is C14H20N6O. The highest BCUT2D eigenvalue weighted by Gasteiger charge is 2.09. The zero-order chi connectivity index (χ0) is 15.1. The maximum atomic E-state index is 5.75. The lowest BCUT2D eigenvalue weighted by Crippen LogP contribution is -2.33. The van der Waals surface area contributed by atoms with Crippen molar-refractivity contribution in [2.45, 2.75) is 20.3 Å². The van der Waals surface area contributed by atoms with Crippen molar-refractivity contribution in [1.29, 1.82) is 0 Å². The molecule has 3 N–H and O–H groups in total. The van der Waals surface area contributed by atoms with Crippen molar-refractivity contribution in [2.75, 3.05) is 13.1 Å². The lowest BCUT2D eigenvalue weighted by atomic mass is 10.2. The number of aromatic nitrogens is 3. The van der Waals surface area contributed by atoms with Gasteiger partial charge in [0.2, 0.25) is 0 Å². The average Bonchev–Trinajstić information content (AvgIpc) is 2.95. The largest absolute Gasteiger partial charge is 0.370 e. The molecule has 0 aliphatic heterocycles. The minimum Gasteiger partial charge on any atom is -0.370 e. The van der Waals surface area contributed by atoms with Gasteiger partial charge in [0.05, 0.1) is 0 Å². The van der Waals surface area contributed by atoms with Crippen molar-refractivity contribution in [2.24, 2.45) is 16.6 Å². The summed E-state index contributed by atoms with van der Waals surface area (Å²) in [7, 11) is 0. The summed E-state index contributed by atoms with van der Waals surface area (Å²) in [6, 6.07) is 5.54. The molecule has 0 spiro atoms. The van der Waals surface area contributed by atoms with E-state index in [4.69, 9.17) is 10.3 Å². The number of aliphatic imine (C=N–C) groups is 1. The first-order valence-corrected chi connectivity index (χ1v) is 6.93. The van der Waals surface area contributed by atoms with Crippen molar-refractivity contribution in [3.05, 3.63) is 30.2 Å². The molecule has 0 radical (unpaired) electrons. The molecule has 0 fully saturated rings. The van der Waals surface area contributed by atoms with Gasteiger partial charge in [0.1, 0.15) is 5.69 Å². The Hall–Kier alpha value is -2.44. The normalized spacial score (nSPS) is 11.9. The van der Waals surface area contributed by atoms with Crippen molar-refractivity contribution >= 4 is 5.96 Å². The molecule has 112 valence electrons. The van der Waals surface area contributed by atoms with Crippen LogP contribution in [0.5, 0.6) is 0 Å². The van der Waals surface area contributed by atoms with Gasteiger partial charge < -0.3 is 15.6 Å². The van der Waals surface area contributed by atoms with E-state index in [1.54, 1.807) is 6.20 Å². The second-order valence-corrected chi connectivity index (χ2v) is 5.03. The van der Waals surface area contributed by atoms with Crippen LogP contribution in [0.15, 0.2) is 33.9 Å². The molecule has 0 aliphatic rings. The fraction of sp³-hybridized carbons (Fsp3) is 0.429. The van der Waals surface area contributed by atoms with Gasteiger partial charge in [-0.15, -0.1) is 0 Å². The van der Waals surface area contributed by atoms with Gasteiger partial charge in [-0.2, -0.15) is 4.98 Å². The summed E-state index contributed by atoms with van der Waals surface area (Å²) < 4.78 is 5.17. The van der Waals surface area contributed by atoms with E-state index in [0.717, 1.165) is 0 Å². The molecule has 0 unspecified atom stereocenters. The molecule has 0 saturated heterocycles. The summed E-state index contributed by atoms with van der Waals surface area (Å²) in [5.74, 6) is 1.97. The van der Waals surface area contributed by atoms with E-state index >= 15 is 0 Å². The Morgan fingerprint density at radius 2 is 2.29 bits per heavy atom. The van der Waals surface area contributed by atoms with Crippen molar-refractivity contribution < 1.29 is 4.52 Å². The molecule has 2 aromatic rings. The van der Waals surface area contributed by atoms with Gasteiger partial charge >= 0.3 is 0 Å². The predicted molar refractivity (Wildman–Crippen MR) is 80.6 cm³/mol. The number of rotatable bonds is 6. The third-order valence-corrected chi connectivity index (χ3v) is 2.63. The topological polar surface area (TPSA) is 102 Å². The molecule has 0 aromatic carbocycles. The highest BCUT2D eigenvalue weighted by Crippen LogP contribution is 2.12. The van der Waals surface area contributed by atoms with E-state index in [2.05, 4.69) is 39.3 Å². The second kappa shape index (κ2) is 7.37. The molecule has 0 aliphatic carbocycles. The lowest BCUT2D eigenvalue weighted by Gasteiger charge is -2.04. The molecule has 2 rings (SSSR count). The Balaban J connectivity index is 1.82. The first-order chi connectivity index (χ1) is 10.1. The summed E-state index contributed by atoms with van der Waals surface area (Å²) in [6.07, 6.45) is 2.29. The minimum atomic E-state index is 0.423. The van der Waals surface area contributed by atoms with E-state index in [-0.39, 0.29) is 0 Å². The second-order valence-electron chi connectivity index (χ2n) is 5.03. The van der Waals surface area contributed by atoms with Crippen LogP contribution in [0.2, 0.25) is 0 Å². The molecule has 2 heterocycles. The number of nitrogens with zero attached hydrogens (tertiary/aromatic N) is 4. The van der Waals surface area contributed by atoms with Crippen LogP contribution in [0.4, 0.5) is 0 Å². The molecule has 0 atom stereocenters. The smallest absolute Gasteiger partial charge is 0.276 e. The number of hydrogen-bond donors (Lipinski definition) is 2. The monoisotopic (exact) mass is 288 g/mol. The van der Waals surface area contributed by atoms with Crippen molar-refractivity contribution in [1.82, 2.24) is 20.4 Å². The quantitative estimate of drug-likeness (QED) is 0.612. The first-order valence-electron chi connectivity index (χ1n) is 6.93. The zero-order valence-corrected chi connectivity index (χ0v) is 12.3. The van der Waals surface area contributed by atoms with E-state index in [9.17, 15) is 0 Å². The van der Waals surface area contributed by atoms with E-state index in [0.29, 0.717) is 48.8 Å². The Kier molecular flexibility index (Phi) is 5.25. The van der Waals surface area contributed by atoms with Crippen LogP contribution >= 0.6 is 0 Å². The molecule has 2 aromatic heterocycles.